The van der Waals surface area contributed by atoms with Gasteiger partial charge in [0.05, 0.1) is 16.8 Å². The molecule has 0 bridgehead atoms. The van der Waals surface area contributed by atoms with Crippen LogP contribution in [-0.4, -0.2) is 21.5 Å². The molecule has 1 amide bonds. The lowest BCUT2D eigenvalue weighted by Crippen LogP contribution is -2.48. The molecule has 2 aromatic heterocycles. The van der Waals surface area contributed by atoms with Gasteiger partial charge in [-0.25, -0.2) is 4.98 Å². The van der Waals surface area contributed by atoms with Crippen LogP contribution in [0.4, 0.5) is 5.13 Å². The van der Waals surface area contributed by atoms with Crippen LogP contribution in [0.25, 0.3) is 10.2 Å². The standard InChI is InChI=1S/C25H24ClN3O2S/c1-16-12-21-22(13-17(16)2)32-24(28-21)29(15-18-6-5-11-27-14-18)23(30)25(3,4)31-20-9-7-19(26)8-10-20/h5-14H,15H2,1-4H3. The van der Waals surface area contributed by atoms with E-state index >= 15 is 0 Å². The maximum absolute atomic E-state index is 13.8. The molecule has 32 heavy (non-hydrogen) atoms. The van der Waals surface area contributed by atoms with E-state index in [1.54, 1.807) is 55.4 Å². The van der Waals surface area contributed by atoms with E-state index in [9.17, 15) is 4.79 Å². The monoisotopic (exact) mass is 465 g/mol. The molecule has 0 aliphatic heterocycles. The number of hydrogen-bond donors (Lipinski definition) is 0. The van der Waals surface area contributed by atoms with Crippen molar-refractivity contribution >= 4 is 44.2 Å². The minimum Gasteiger partial charge on any atom is -0.478 e. The molecule has 4 aromatic rings. The van der Waals surface area contributed by atoms with Crippen LogP contribution in [0, 0.1) is 13.8 Å². The van der Waals surface area contributed by atoms with Gasteiger partial charge in [0.15, 0.2) is 10.7 Å². The van der Waals surface area contributed by atoms with Gasteiger partial charge in [-0.15, -0.1) is 0 Å². The minimum absolute atomic E-state index is 0.191. The van der Waals surface area contributed by atoms with Crippen LogP contribution < -0.4 is 9.64 Å². The number of carbonyl (C=O) groups excluding carboxylic acids is 1. The van der Waals surface area contributed by atoms with Crippen LogP contribution in [0.1, 0.15) is 30.5 Å². The predicted molar refractivity (Wildman–Crippen MR) is 131 cm³/mol. The third kappa shape index (κ3) is 4.76. The number of anilines is 1. The fourth-order valence-electron chi connectivity index (χ4n) is 3.35. The SMILES string of the molecule is Cc1cc2nc(N(Cc3cccnc3)C(=O)C(C)(C)Oc3ccc(Cl)cc3)sc2cc1C. The van der Waals surface area contributed by atoms with E-state index in [0.717, 1.165) is 15.8 Å². The second kappa shape index (κ2) is 8.88. The number of rotatable bonds is 6. The van der Waals surface area contributed by atoms with E-state index in [1.165, 1.54) is 22.5 Å². The number of aryl methyl sites for hydroxylation is 2. The second-order valence-electron chi connectivity index (χ2n) is 8.22. The van der Waals surface area contributed by atoms with Crippen molar-refractivity contribution in [1.29, 1.82) is 0 Å². The Kier molecular flexibility index (Phi) is 6.17. The summed E-state index contributed by atoms with van der Waals surface area (Å²) in [5, 5.41) is 1.24. The Balaban J connectivity index is 1.71. The average molecular weight is 466 g/mol. The van der Waals surface area contributed by atoms with Gasteiger partial charge in [-0.1, -0.05) is 29.0 Å². The lowest BCUT2D eigenvalue weighted by Gasteiger charge is -2.31. The highest BCUT2D eigenvalue weighted by Gasteiger charge is 2.36. The molecule has 0 atom stereocenters. The van der Waals surface area contributed by atoms with Crippen molar-refractivity contribution in [2.45, 2.75) is 39.8 Å². The summed E-state index contributed by atoms with van der Waals surface area (Å²) in [5.41, 5.74) is 3.04. The van der Waals surface area contributed by atoms with Crippen molar-refractivity contribution in [1.82, 2.24) is 9.97 Å². The van der Waals surface area contributed by atoms with Gasteiger partial charge in [0.25, 0.3) is 5.91 Å². The van der Waals surface area contributed by atoms with Gasteiger partial charge in [0, 0.05) is 17.4 Å². The van der Waals surface area contributed by atoms with Crippen LogP contribution in [-0.2, 0) is 11.3 Å². The maximum Gasteiger partial charge on any atom is 0.272 e. The first-order valence-electron chi connectivity index (χ1n) is 10.3. The van der Waals surface area contributed by atoms with Crippen LogP contribution in [0.2, 0.25) is 5.02 Å². The van der Waals surface area contributed by atoms with Gasteiger partial charge in [-0.3, -0.25) is 14.7 Å². The molecular weight excluding hydrogens is 442 g/mol. The fraction of sp³-hybridized carbons (Fsp3) is 0.240. The summed E-state index contributed by atoms with van der Waals surface area (Å²) in [7, 11) is 0. The van der Waals surface area contributed by atoms with Crippen molar-refractivity contribution in [3.63, 3.8) is 0 Å². The average Bonchev–Trinajstić information content (AvgIpc) is 3.16. The summed E-state index contributed by atoms with van der Waals surface area (Å²) in [6.07, 6.45) is 3.47. The normalized spacial score (nSPS) is 11.5. The number of nitrogens with zero attached hydrogens (tertiary/aromatic N) is 3. The molecule has 164 valence electrons. The zero-order chi connectivity index (χ0) is 22.9. The lowest BCUT2D eigenvalue weighted by molar-refractivity contribution is -0.131. The molecule has 0 fully saturated rings. The number of pyridine rings is 1. The second-order valence-corrected chi connectivity index (χ2v) is 9.67. The van der Waals surface area contributed by atoms with E-state index in [4.69, 9.17) is 21.3 Å². The molecule has 0 saturated carbocycles. The Morgan fingerprint density at radius 2 is 1.84 bits per heavy atom. The number of hydrogen-bond acceptors (Lipinski definition) is 5. The summed E-state index contributed by atoms with van der Waals surface area (Å²) in [6.45, 7) is 8.02. The van der Waals surface area contributed by atoms with Gasteiger partial charge in [-0.2, -0.15) is 0 Å². The van der Waals surface area contributed by atoms with Crippen LogP contribution in [0.15, 0.2) is 60.9 Å². The van der Waals surface area contributed by atoms with Crippen molar-refractivity contribution in [3.8, 4) is 5.75 Å². The Bertz CT molecular complexity index is 1210. The summed E-state index contributed by atoms with van der Waals surface area (Å²) in [6, 6.07) is 15.0. The highest BCUT2D eigenvalue weighted by atomic mass is 35.5. The number of ether oxygens (including phenoxy) is 1. The van der Waals surface area contributed by atoms with Crippen LogP contribution in [0.3, 0.4) is 0 Å². The molecule has 0 saturated heterocycles. The Labute approximate surface area is 196 Å². The first-order chi connectivity index (χ1) is 15.2. The highest BCUT2D eigenvalue weighted by molar-refractivity contribution is 7.22. The first-order valence-corrected chi connectivity index (χ1v) is 11.5. The quantitative estimate of drug-likeness (QED) is 0.333. The maximum atomic E-state index is 13.8. The molecule has 2 aromatic carbocycles. The van der Waals surface area contributed by atoms with E-state index in [-0.39, 0.29) is 5.91 Å². The molecule has 0 aliphatic carbocycles. The molecule has 0 unspecified atom stereocenters. The van der Waals surface area contributed by atoms with Crippen LogP contribution in [0.5, 0.6) is 5.75 Å². The number of fused-ring (bicyclic) bond motifs is 1. The molecule has 4 rings (SSSR count). The minimum atomic E-state index is -1.13. The summed E-state index contributed by atoms with van der Waals surface area (Å²) < 4.78 is 7.13. The zero-order valence-corrected chi connectivity index (χ0v) is 20.0. The summed E-state index contributed by atoms with van der Waals surface area (Å²) in [4.78, 5) is 24.4. The number of benzene rings is 2. The van der Waals surface area contributed by atoms with Gasteiger partial charge in [-0.05, 0) is 86.8 Å². The molecule has 7 heteroatoms. The largest absolute Gasteiger partial charge is 0.478 e. The van der Waals surface area contributed by atoms with Crippen molar-refractivity contribution in [2.24, 2.45) is 0 Å². The van der Waals surface area contributed by atoms with Gasteiger partial charge < -0.3 is 4.74 Å². The smallest absolute Gasteiger partial charge is 0.272 e. The van der Waals surface area contributed by atoms with Crippen molar-refractivity contribution in [2.75, 3.05) is 4.90 Å². The van der Waals surface area contributed by atoms with E-state index < -0.39 is 5.60 Å². The van der Waals surface area contributed by atoms with Gasteiger partial charge in [0.2, 0.25) is 0 Å². The van der Waals surface area contributed by atoms with Gasteiger partial charge in [0.1, 0.15) is 5.75 Å². The summed E-state index contributed by atoms with van der Waals surface area (Å²) >= 11 is 7.48. The lowest BCUT2D eigenvalue weighted by atomic mass is 10.1. The third-order valence-electron chi connectivity index (χ3n) is 5.23. The molecular formula is C25H24ClN3O2S. The number of aromatic nitrogens is 2. The predicted octanol–water partition coefficient (Wildman–Crippen LogP) is 6.35. The van der Waals surface area contributed by atoms with E-state index in [1.807, 2.05) is 12.1 Å². The highest BCUT2D eigenvalue weighted by Crippen LogP contribution is 2.33. The molecule has 0 N–H and O–H groups in total. The first kappa shape index (κ1) is 22.2. The fourth-order valence-corrected chi connectivity index (χ4v) is 4.52. The Morgan fingerprint density at radius 3 is 2.53 bits per heavy atom. The zero-order valence-electron chi connectivity index (χ0n) is 18.4. The van der Waals surface area contributed by atoms with E-state index in [0.29, 0.717) is 22.4 Å². The summed E-state index contributed by atoms with van der Waals surface area (Å²) in [5.74, 6) is 0.383. The van der Waals surface area contributed by atoms with Gasteiger partial charge >= 0.3 is 0 Å². The van der Waals surface area contributed by atoms with Crippen molar-refractivity contribution < 1.29 is 9.53 Å². The van der Waals surface area contributed by atoms with E-state index in [2.05, 4.69) is 31.0 Å². The Morgan fingerprint density at radius 1 is 1.12 bits per heavy atom. The number of halogens is 1. The molecule has 5 nitrogen and oxygen atoms in total. The van der Waals surface area contributed by atoms with Crippen molar-refractivity contribution in [3.05, 3.63) is 82.6 Å². The number of amides is 1. The third-order valence-corrected chi connectivity index (χ3v) is 6.53. The molecule has 0 spiro atoms. The number of thiazole rings is 1. The molecule has 0 aliphatic rings. The molecule has 2 heterocycles. The number of carbonyl (C=O) groups is 1. The topological polar surface area (TPSA) is 55.3 Å². The Hall–Kier alpha value is -2.96. The molecule has 0 radical (unpaired) electrons. The van der Waals surface area contributed by atoms with Crippen LogP contribution >= 0.6 is 22.9 Å².